The fraction of sp³-hybridized carbons (Fsp3) is 0.588. The van der Waals surface area contributed by atoms with E-state index in [1.807, 2.05) is 0 Å². The summed E-state index contributed by atoms with van der Waals surface area (Å²) in [6.07, 6.45) is 12.1. The monoisotopic (exact) mass is 318 g/mol. The molecule has 1 aromatic rings. The number of hydrogen-bond acceptors (Lipinski definition) is 5. The molecule has 1 aliphatic rings. The van der Waals surface area contributed by atoms with Gasteiger partial charge in [-0.1, -0.05) is 11.6 Å². The number of carbonyl (C=O) groups is 1. The predicted octanol–water partition coefficient (Wildman–Crippen LogP) is 2.55. The van der Waals surface area contributed by atoms with Gasteiger partial charge in [0.2, 0.25) is 0 Å². The molecule has 1 amide bonds. The van der Waals surface area contributed by atoms with Crippen LogP contribution in [0.5, 0.6) is 0 Å². The molecular formula is C17H26N4O2. The molecule has 0 aliphatic heterocycles. The zero-order valence-corrected chi connectivity index (χ0v) is 13.8. The summed E-state index contributed by atoms with van der Waals surface area (Å²) in [4.78, 5) is 20.4. The van der Waals surface area contributed by atoms with Crippen molar-refractivity contribution in [3.05, 3.63) is 29.7 Å². The summed E-state index contributed by atoms with van der Waals surface area (Å²) in [6, 6.07) is 0. The Balaban J connectivity index is 1.70. The maximum atomic E-state index is 12.0. The Bertz CT molecular complexity index is 514. The van der Waals surface area contributed by atoms with E-state index in [1.165, 1.54) is 37.5 Å². The number of nitrogens with zero attached hydrogens (tertiary/aromatic N) is 2. The number of allylic oxidation sites excluding steroid dienone is 1. The number of rotatable bonds is 9. The third-order valence-electron chi connectivity index (χ3n) is 3.83. The molecule has 6 heteroatoms. The van der Waals surface area contributed by atoms with Gasteiger partial charge in [0.15, 0.2) is 0 Å². The van der Waals surface area contributed by atoms with Crippen molar-refractivity contribution in [2.75, 3.05) is 32.1 Å². The Hall–Kier alpha value is -1.95. The van der Waals surface area contributed by atoms with Crippen molar-refractivity contribution < 1.29 is 9.53 Å². The third-order valence-corrected chi connectivity index (χ3v) is 3.83. The first kappa shape index (κ1) is 17.4. The Morgan fingerprint density at radius 3 is 2.87 bits per heavy atom. The van der Waals surface area contributed by atoms with Crippen LogP contribution in [-0.2, 0) is 4.74 Å². The van der Waals surface area contributed by atoms with Gasteiger partial charge in [-0.3, -0.25) is 4.79 Å². The van der Waals surface area contributed by atoms with Gasteiger partial charge in [0.25, 0.3) is 5.91 Å². The van der Waals surface area contributed by atoms with Crippen LogP contribution < -0.4 is 10.6 Å². The summed E-state index contributed by atoms with van der Waals surface area (Å²) in [5.41, 5.74) is 1.81. The second-order valence-corrected chi connectivity index (χ2v) is 5.67. The number of amides is 1. The minimum atomic E-state index is -0.167. The van der Waals surface area contributed by atoms with Gasteiger partial charge < -0.3 is 15.4 Å². The molecule has 2 N–H and O–H groups in total. The number of aromatic nitrogens is 2. The molecule has 0 saturated heterocycles. The van der Waals surface area contributed by atoms with Crippen LogP contribution in [0, 0.1) is 0 Å². The van der Waals surface area contributed by atoms with E-state index in [-0.39, 0.29) is 5.91 Å². The van der Waals surface area contributed by atoms with Crippen molar-refractivity contribution >= 4 is 11.7 Å². The SMILES string of the molecule is COCCCNc1cnc(C(=O)NCCC2=CCCCC2)cn1. The molecule has 23 heavy (non-hydrogen) atoms. The minimum Gasteiger partial charge on any atom is -0.385 e. The Morgan fingerprint density at radius 1 is 1.26 bits per heavy atom. The highest BCUT2D eigenvalue weighted by Crippen LogP contribution is 2.19. The van der Waals surface area contributed by atoms with Crippen molar-refractivity contribution in [3.8, 4) is 0 Å². The molecule has 1 aliphatic carbocycles. The van der Waals surface area contributed by atoms with Crippen LogP contribution in [0.2, 0.25) is 0 Å². The second-order valence-electron chi connectivity index (χ2n) is 5.67. The van der Waals surface area contributed by atoms with E-state index in [4.69, 9.17) is 4.74 Å². The van der Waals surface area contributed by atoms with Crippen LogP contribution in [0.25, 0.3) is 0 Å². The fourth-order valence-electron chi connectivity index (χ4n) is 2.53. The zero-order valence-electron chi connectivity index (χ0n) is 13.8. The maximum Gasteiger partial charge on any atom is 0.271 e. The number of hydrogen-bond donors (Lipinski definition) is 2. The lowest BCUT2D eigenvalue weighted by molar-refractivity contribution is 0.0948. The highest BCUT2D eigenvalue weighted by molar-refractivity contribution is 5.91. The van der Waals surface area contributed by atoms with Crippen molar-refractivity contribution in [2.24, 2.45) is 0 Å². The first-order valence-corrected chi connectivity index (χ1v) is 8.30. The molecule has 0 bridgehead atoms. The van der Waals surface area contributed by atoms with E-state index in [0.29, 0.717) is 24.7 Å². The topological polar surface area (TPSA) is 76.1 Å². The molecule has 126 valence electrons. The lowest BCUT2D eigenvalue weighted by Gasteiger charge is -2.12. The molecule has 0 spiro atoms. The largest absolute Gasteiger partial charge is 0.385 e. The van der Waals surface area contributed by atoms with Crippen LogP contribution in [0.15, 0.2) is 24.0 Å². The molecule has 0 aromatic carbocycles. The van der Waals surface area contributed by atoms with Crippen molar-refractivity contribution in [3.63, 3.8) is 0 Å². The summed E-state index contributed by atoms with van der Waals surface area (Å²) < 4.78 is 4.98. The average molecular weight is 318 g/mol. The summed E-state index contributed by atoms with van der Waals surface area (Å²) >= 11 is 0. The van der Waals surface area contributed by atoms with E-state index in [9.17, 15) is 4.79 Å². The van der Waals surface area contributed by atoms with Crippen molar-refractivity contribution in [2.45, 2.75) is 38.5 Å². The molecule has 2 rings (SSSR count). The summed E-state index contributed by atoms with van der Waals surface area (Å²) in [7, 11) is 1.68. The molecule has 0 unspecified atom stereocenters. The van der Waals surface area contributed by atoms with Crippen molar-refractivity contribution in [1.29, 1.82) is 0 Å². The summed E-state index contributed by atoms with van der Waals surface area (Å²) in [5.74, 6) is 0.504. The Kier molecular flexibility index (Phi) is 7.52. The molecule has 6 nitrogen and oxygen atoms in total. The van der Waals surface area contributed by atoms with E-state index in [1.54, 1.807) is 13.3 Å². The molecule has 1 heterocycles. The van der Waals surface area contributed by atoms with Gasteiger partial charge in [0, 0.05) is 26.8 Å². The van der Waals surface area contributed by atoms with Gasteiger partial charge in [-0.2, -0.15) is 0 Å². The first-order valence-electron chi connectivity index (χ1n) is 8.30. The van der Waals surface area contributed by atoms with Gasteiger partial charge in [-0.15, -0.1) is 0 Å². The quantitative estimate of drug-likeness (QED) is 0.540. The van der Waals surface area contributed by atoms with Gasteiger partial charge >= 0.3 is 0 Å². The summed E-state index contributed by atoms with van der Waals surface area (Å²) in [6.45, 7) is 2.13. The lowest BCUT2D eigenvalue weighted by Crippen LogP contribution is -2.26. The normalized spacial score (nSPS) is 14.2. The van der Waals surface area contributed by atoms with Gasteiger partial charge in [0.05, 0.1) is 12.4 Å². The van der Waals surface area contributed by atoms with E-state index in [2.05, 4.69) is 26.7 Å². The number of carbonyl (C=O) groups excluding carboxylic acids is 1. The van der Waals surface area contributed by atoms with Crippen LogP contribution >= 0.6 is 0 Å². The van der Waals surface area contributed by atoms with Gasteiger partial charge in [-0.25, -0.2) is 9.97 Å². The number of anilines is 1. The van der Waals surface area contributed by atoms with Crippen molar-refractivity contribution in [1.82, 2.24) is 15.3 Å². The van der Waals surface area contributed by atoms with Crippen LogP contribution in [0.3, 0.4) is 0 Å². The third kappa shape index (κ3) is 6.36. The zero-order chi connectivity index (χ0) is 16.3. The van der Waals surface area contributed by atoms with Gasteiger partial charge in [-0.05, 0) is 38.5 Å². The lowest BCUT2D eigenvalue weighted by atomic mass is 9.97. The Labute approximate surface area is 137 Å². The fourth-order valence-corrected chi connectivity index (χ4v) is 2.53. The molecular weight excluding hydrogens is 292 g/mol. The number of nitrogens with one attached hydrogen (secondary N) is 2. The minimum absolute atomic E-state index is 0.167. The number of ether oxygens (including phenoxy) is 1. The smallest absolute Gasteiger partial charge is 0.271 e. The average Bonchev–Trinajstić information content (AvgIpc) is 2.60. The maximum absolute atomic E-state index is 12.0. The number of methoxy groups -OCH3 is 1. The van der Waals surface area contributed by atoms with E-state index in [0.717, 1.165) is 19.4 Å². The molecule has 0 atom stereocenters. The second kappa shape index (κ2) is 9.94. The standard InChI is InChI=1S/C17H26N4O2/c1-23-11-5-9-18-16-13-20-15(12-21-16)17(22)19-10-8-14-6-3-2-4-7-14/h6,12-13H,2-5,7-11H2,1H3,(H,18,21)(H,19,22). The summed E-state index contributed by atoms with van der Waals surface area (Å²) in [5, 5.41) is 6.05. The highest BCUT2D eigenvalue weighted by Gasteiger charge is 2.09. The highest BCUT2D eigenvalue weighted by atomic mass is 16.5. The molecule has 0 saturated carbocycles. The molecule has 0 fully saturated rings. The molecule has 0 radical (unpaired) electrons. The van der Waals surface area contributed by atoms with Crippen LogP contribution in [-0.4, -0.2) is 42.7 Å². The van der Waals surface area contributed by atoms with Gasteiger partial charge in [0.1, 0.15) is 11.5 Å². The van der Waals surface area contributed by atoms with Crippen LogP contribution in [0.1, 0.15) is 49.0 Å². The molecule has 1 aromatic heterocycles. The van der Waals surface area contributed by atoms with E-state index < -0.39 is 0 Å². The van der Waals surface area contributed by atoms with Crippen LogP contribution in [0.4, 0.5) is 5.82 Å². The first-order chi connectivity index (χ1) is 11.3. The predicted molar refractivity (Wildman–Crippen MR) is 90.5 cm³/mol. The van der Waals surface area contributed by atoms with E-state index >= 15 is 0 Å². The Morgan fingerprint density at radius 2 is 2.17 bits per heavy atom.